The molecule has 2 N–H and O–H groups in total. The normalized spacial score (nSPS) is 13.4. The number of hydrogen-bond donors (Lipinski definition) is 2. The van der Waals surface area contributed by atoms with E-state index in [9.17, 15) is 4.79 Å². The minimum absolute atomic E-state index is 0.000129. The van der Waals surface area contributed by atoms with Crippen LogP contribution in [0.4, 0.5) is 0 Å². The number of aliphatic hydroxyl groups is 2. The van der Waals surface area contributed by atoms with Crippen molar-refractivity contribution in [3.05, 3.63) is 0 Å². The van der Waals surface area contributed by atoms with Crippen molar-refractivity contribution in [3.8, 4) is 0 Å². The van der Waals surface area contributed by atoms with Gasteiger partial charge in [0.1, 0.15) is 12.7 Å². The first-order valence-corrected chi connectivity index (χ1v) is 3.97. The van der Waals surface area contributed by atoms with Gasteiger partial charge in [0.05, 0.1) is 13.2 Å². The van der Waals surface area contributed by atoms with E-state index in [4.69, 9.17) is 14.9 Å². The standard InChI is InChI=1S/C8H16O4/c1-6(2)8(11)5-12-4-7(10)3-9/h6-7,9-10H,3-5H2,1-2H3/t7-/m0/s1. The number of Topliss-reactive ketones (excluding diaryl/α,β-unsaturated/α-hetero) is 1. The lowest BCUT2D eigenvalue weighted by Gasteiger charge is -2.08. The van der Waals surface area contributed by atoms with Crippen LogP contribution >= 0.6 is 0 Å². The van der Waals surface area contributed by atoms with Gasteiger partial charge in [0.15, 0.2) is 5.78 Å². The lowest BCUT2D eigenvalue weighted by atomic mass is 10.1. The van der Waals surface area contributed by atoms with Crippen molar-refractivity contribution < 1.29 is 19.7 Å². The molecule has 0 rings (SSSR count). The van der Waals surface area contributed by atoms with Crippen LogP contribution in [0.1, 0.15) is 13.8 Å². The highest BCUT2D eigenvalue weighted by Gasteiger charge is 2.08. The number of carbonyl (C=O) groups is 1. The number of hydrogen-bond acceptors (Lipinski definition) is 4. The van der Waals surface area contributed by atoms with Crippen molar-refractivity contribution in [3.63, 3.8) is 0 Å². The topological polar surface area (TPSA) is 66.8 Å². The maximum Gasteiger partial charge on any atom is 0.160 e. The molecule has 0 saturated heterocycles. The van der Waals surface area contributed by atoms with E-state index in [1.165, 1.54) is 0 Å². The molecule has 4 nitrogen and oxygen atoms in total. The highest BCUT2D eigenvalue weighted by atomic mass is 16.5. The second kappa shape index (κ2) is 6.11. The van der Waals surface area contributed by atoms with Crippen LogP contribution in [0.3, 0.4) is 0 Å². The van der Waals surface area contributed by atoms with E-state index < -0.39 is 6.10 Å². The van der Waals surface area contributed by atoms with Gasteiger partial charge in [0, 0.05) is 5.92 Å². The zero-order valence-corrected chi connectivity index (χ0v) is 7.49. The Morgan fingerprint density at radius 1 is 1.50 bits per heavy atom. The summed E-state index contributed by atoms with van der Waals surface area (Å²) in [5.74, 6) is -0.0450. The Morgan fingerprint density at radius 3 is 2.50 bits per heavy atom. The third-order valence-electron chi connectivity index (χ3n) is 1.41. The molecule has 1 atom stereocenters. The Bertz CT molecular complexity index is 133. The van der Waals surface area contributed by atoms with Crippen LogP contribution in [-0.2, 0) is 9.53 Å². The molecule has 0 saturated carbocycles. The fourth-order valence-electron chi connectivity index (χ4n) is 0.515. The Balaban J connectivity index is 3.37. The molecule has 0 bridgehead atoms. The minimum Gasteiger partial charge on any atom is -0.394 e. The van der Waals surface area contributed by atoms with E-state index in [1.807, 2.05) is 0 Å². The summed E-state index contributed by atoms with van der Waals surface area (Å²) in [5, 5.41) is 17.2. The fraction of sp³-hybridized carbons (Fsp3) is 0.875. The molecular weight excluding hydrogens is 160 g/mol. The van der Waals surface area contributed by atoms with Gasteiger partial charge in [-0.25, -0.2) is 0 Å². The first kappa shape index (κ1) is 11.6. The molecule has 0 radical (unpaired) electrons. The number of rotatable bonds is 6. The summed E-state index contributed by atoms with van der Waals surface area (Å²) < 4.78 is 4.85. The summed E-state index contributed by atoms with van der Waals surface area (Å²) in [5.41, 5.74) is 0. The predicted molar refractivity (Wildman–Crippen MR) is 43.8 cm³/mol. The molecule has 0 aromatic carbocycles. The van der Waals surface area contributed by atoms with Crippen LogP contribution in [0.5, 0.6) is 0 Å². The molecule has 4 heteroatoms. The van der Waals surface area contributed by atoms with Crippen molar-refractivity contribution in [2.24, 2.45) is 5.92 Å². The third kappa shape index (κ3) is 5.23. The molecule has 0 fully saturated rings. The predicted octanol–water partition coefficient (Wildman–Crippen LogP) is -0.419. The summed E-state index contributed by atoms with van der Waals surface area (Å²) in [6.07, 6.45) is -0.884. The first-order chi connectivity index (χ1) is 5.57. The van der Waals surface area contributed by atoms with Crippen LogP contribution < -0.4 is 0 Å². The van der Waals surface area contributed by atoms with Crippen LogP contribution in [0.2, 0.25) is 0 Å². The lowest BCUT2D eigenvalue weighted by Crippen LogP contribution is -2.23. The molecule has 72 valence electrons. The molecular formula is C8H16O4. The molecule has 0 heterocycles. The Kier molecular flexibility index (Phi) is 5.88. The van der Waals surface area contributed by atoms with Gasteiger partial charge in [0.25, 0.3) is 0 Å². The highest BCUT2D eigenvalue weighted by molar-refractivity contribution is 5.81. The Hall–Kier alpha value is -0.450. The van der Waals surface area contributed by atoms with Crippen LogP contribution in [0, 0.1) is 5.92 Å². The Labute approximate surface area is 72.2 Å². The first-order valence-electron chi connectivity index (χ1n) is 3.97. The van der Waals surface area contributed by atoms with E-state index in [1.54, 1.807) is 13.8 Å². The van der Waals surface area contributed by atoms with Crippen molar-refractivity contribution in [1.29, 1.82) is 0 Å². The summed E-state index contributed by atoms with van der Waals surface area (Å²) in [6, 6.07) is 0. The van der Waals surface area contributed by atoms with E-state index in [0.29, 0.717) is 0 Å². The van der Waals surface area contributed by atoms with Crippen LogP contribution in [0.15, 0.2) is 0 Å². The zero-order chi connectivity index (χ0) is 9.56. The number of aliphatic hydroxyl groups excluding tert-OH is 2. The molecule has 0 spiro atoms. The van der Waals surface area contributed by atoms with E-state index >= 15 is 0 Å². The smallest absolute Gasteiger partial charge is 0.160 e. The summed E-state index contributed by atoms with van der Waals surface area (Å²) in [4.78, 5) is 10.9. The second-order valence-corrected chi connectivity index (χ2v) is 2.97. The van der Waals surface area contributed by atoms with Crippen LogP contribution in [-0.4, -0.2) is 41.9 Å². The number of ether oxygens (including phenoxy) is 1. The number of ketones is 1. The van der Waals surface area contributed by atoms with Gasteiger partial charge in [-0.2, -0.15) is 0 Å². The average Bonchev–Trinajstić information content (AvgIpc) is 2.03. The summed E-state index contributed by atoms with van der Waals surface area (Å²) in [7, 11) is 0. The number of carbonyl (C=O) groups excluding carboxylic acids is 1. The Morgan fingerprint density at radius 2 is 2.08 bits per heavy atom. The van der Waals surface area contributed by atoms with Gasteiger partial charge in [-0.3, -0.25) is 4.79 Å². The molecule has 0 aliphatic heterocycles. The summed E-state index contributed by atoms with van der Waals surface area (Å²) >= 11 is 0. The van der Waals surface area contributed by atoms with E-state index in [2.05, 4.69) is 0 Å². The quantitative estimate of drug-likeness (QED) is 0.577. The van der Waals surface area contributed by atoms with Crippen molar-refractivity contribution >= 4 is 5.78 Å². The highest BCUT2D eigenvalue weighted by Crippen LogP contribution is 1.94. The van der Waals surface area contributed by atoms with Gasteiger partial charge < -0.3 is 14.9 Å². The molecule has 0 unspecified atom stereocenters. The second-order valence-electron chi connectivity index (χ2n) is 2.97. The molecule has 0 amide bonds. The van der Waals surface area contributed by atoms with E-state index in [-0.39, 0.29) is 31.5 Å². The fourth-order valence-corrected chi connectivity index (χ4v) is 0.515. The molecule has 0 aromatic rings. The molecule has 0 aliphatic rings. The maximum absolute atomic E-state index is 10.9. The van der Waals surface area contributed by atoms with Crippen molar-refractivity contribution in [2.45, 2.75) is 20.0 Å². The third-order valence-corrected chi connectivity index (χ3v) is 1.41. The van der Waals surface area contributed by atoms with E-state index in [0.717, 1.165) is 0 Å². The lowest BCUT2D eigenvalue weighted by molar-refractivity contribution is -0.127. The minimum atomic E-state index is -0.884. The SMILES string of the molecule is CC(C)C(=O)COC[C@@H](O)CO. The molecule has 12 heavy (non-hydrogen) atoms. The molecule has 0 aliphatic carbocycles. The van der Waals surface area contributed by atoms with Gasteiger partial charge in [-0.1, -0.05) is 13.8 Å². The zero-order valence-electron chi connectivity index (χ0n) is 7.49. The van der Waals surface area contributed by atoms with Gasteiger partial charge in [-0.15, -0.1) is 0 Å². The summed E-state index contributed by atoms with van der Waals surface area (Å²) in [6.45, 7) is 3.25. The maximum atomic E-state index is 10.9. The molecule has 0 aromatic heterocycles. The monoisotopic (exact) mass is 176 g/mol. The van der Waals surface area contributed by atoms with Crippen molar-refractivity contribution in [1.82, 2.24) is 0 Å². The van der Waals surface area contributed by atoms with Crippen LogP contribution in [0.25, 0.3) is 0 Å². The average molecular weight is 176 g/mol. The largest absolute Gasteiger partial charge is 0.394 e. The van der Waals surface area contributed by atoms with Gasteiger partial charge >= 0.3 is 0 Å². The van der Waals surface area contributed by atoms with Crippen molar-refractivity contribution in [2.75, 3.05) is 19.8 Å². The van der Waals surface area contributed by atoms with Gasteiger partial charge in [-0.05, 0) is 0 Å². The van der Waals surface area contributed by atoms with Gasteiger partial charge in [0.2, 0.25) is 0 Å².